The number of fused-ring (bicyclic) bond motifs is 2. The van der Waals surface area contributed by atoms with Crippen LogP contribution in [0.15, 0.2) is 29.1 Å². The average molecular weight is 352 g/mol. The molecule has 1 aromatic carbocycles. The molecule has 6 heteroatoms. The van der Waals surface area contributed by atoms with E-state index in [2.05, 4.69) is 34.1 Å². The third kappa shape index (κ3) is 2.74. The van der Waals surface area contributed by atoms with E-state index in [4.69, 9.17) is 0 Å². The Balaban J connectivity index is 1.51. The summed E-state index contributed by atoms with van der Waals surface area (Å²) in [7, 11) is 1.73. The van der Waals surface area contributed by atoms with Gasteiger partial charge in [-0.3, -0.25) is 19.1 Å². The number of aromatic nitrogens is 2. The number of carbonyl (C=O) groups excluding carboxylic acids is 1. The lowest BCUT2D eigenvalue weighted by molar-refractivity contribution is -0.137. The van der Waals surface area contributed by atoms with Crippen LogP contribution in [-0.4, -0.2) is 37.8 Å². The highest BCUT2D eigenvalue weighted by atomic mass is 16.2. The van der Waals surface area contributed by atoms with E-state index >= 15 is 0 Å². The SMILES string of the molecule is Cc1nc2c(c(=O)n1C)CN(C(=O)C(C)N1CCc3ccccc3C1)C2. The first-order chi connectivity index (χ1) is 12.5. The van der Waals surface area contributed by atoms with E-state index < -0.39 is 0 Å². The van der Waals surface area contributed by atoms with Crippen molar-refractivity contribution in [2.45, 2.75) is 45.9 Å². The van der Waals surface area contributed by atoms with E-state index in [1.165, 1.54) is 11.1 Å². The van der Waals surface area contributed by atoms with E-state index in [0.717, 1.165) is 25.2 Å². The molecule has 0 N–H and O–H groups in total. The summed E-state index contributed by atoms with van der Waals surface area (Å²) < 4.78 is 1.55. The molecule has 1 unspecified atom stereocenters. The number of hydrogen-bond donors (Lipinski definition) is 0. The van der Waals surface area contributed by atoms with Gasteiger partial charge in [0.1, 0.15) is 5.82 Å². The fraction of sp³-hybridized carbons (Fsp3) is 0.450. The zero-order valence-electron chi connectivity index (χ0n) is 15.5. The quantitative estimate of drug-likeness (QED) is 0.819. The largest absolute Gasteiger partial charge is 0.331 e. The zero-order chi connectivity index (χ0) is 18.4. The molecule has 0 radical (unpaired) electrons. The number of nitrogens with zero attached hydrogens (tertiary/aromatic N) is 4. The van der Waals surface area contributed by atoms with Crippen molar-refractivity contribution in [3.63, 3.8) is 0 Å². The van der Waals surface area contributed by atoms with Gasteiger partial charge in [0.05, 0.1) is 30.4 Å². The Bertz CT molecular complexity index is 934. The molecule has 136 valence electrons. The fourth-order valence-corrected chi connectivity index (χ4v) is 3.95. The molecular weight excluding hydrogens is 328 g/mol. The standard InChI is InChI=1S/C20H24N4O2/c1-13(23-9-8-15-6-4-5-7-16(15)10-23)19(25)24-11-17-18(12-24)21-14(2)22(3)20(17)26/h4-7,13H,8-12H2,1-3H3. The number of aryl methyl sites for hydroxylation is 1. The smallest absolute Gasteiger partial charge is 0.258 e. The normalized spacial score (nSPS) is 17.7. The maximum Gasteiger partial charge on any atom is 0.258 e. The number of carbonyl (C=O) groups is 1. The molecule has 0 bridgehead atoms. The summed E-state index contributed by atoms with van der Waals surface area (Å²) >= 11 is 0. The van der Waals surface area contributed by atoms with Crippen LogP contribution >= 0.6 is 0 Å². The highest BCUT2D eigenvalue weighted by Gasteiger charge is 2.33. The van der Waals surface area contributed by atoms with E-state index in [1.54, 1.807) is 16.5 Å². The van der Waals surface area contributed by atoms with Gasteiger partial charge in [-0.25, -0.2) is 4.98 Å². The number of hydrogen-bond acceptors (Lipinski definition) is 4. The van der Waals surface area contributed by atoms with Crippen molar-refractivity contribution in [2.75, 3.05) is 6.54 Å². The van der Waals surface area contributed by atoms with Crippen molar-refractivity contribution in [1.29, 1.82) is 0 Å². The predicted octanol–water partition coefficient (Wildman–Crippen LogP) is 1.38. The molecule has 0 saturated carbocycles. The second-order valence-electron chi connectivity index (χ2n) is 7.31. The van der Waals surface area contributed by atoms with Gasteiger partial charge in [0, 0.05) is 20.1 Å². The summed E-state index contributed by atoms with van der Waals surface area (Å²) in [5.41, 5.74) is 4.04. The maximum atomic E-state index is 13.1. The van der Waals surface area contributed by atoms with Gasteiger partial charge in [0.25, 0.3) is 5.56 Å². The topological polar surface area (TPSA) is 58.4 Å². The second kappa shape index (κ2) is 6.36. The van der Waals surface area contributed by atoms with Crippen LogP contribution in [0.4, 0.5) is 0 Å². The highest BCUT2D eigenvalue weighted by molar-refractivity contribution is 5.82. The van der Waals surface area contributed by atoms with Gasteiger partial charge in [0.15, 0.2) is 0 Å². The maximum absolute atomic E-state index is 13.1. The number of amides is 1. The van der Waals surface area contributed by atoms with Crippen molar-refractivity contribution in [2.24, 2.45) is 7.05 Å². The fourth-order valence-electron chi connectivity index (χ4n) is 3.95. The Morgan fingerprint density at radius 2 is 1.88 bits per heavy atom. The third-order valence-corrected chi connectivity index (χ3v) is 5.76. The molecule has 3 heterocycles. The Labute approximate surface area is 153 Å². The van der Waals surface area contributed by atoms with Crippen LogP contribution in [0.3, 0.4) is 0 Å². The lowest BCUT2D eigenvalue weighted by atomic mass is 9.98. The summed E-state index contributed by atoms with van der Waals surface area (Å²) in [6.07, 6.45) is 0.968. The van der Waals surface area contributed by atoms with E-state index in [-0.39, 0.29) is 17.5 Å². The first-order valence-electron chi connectivity index (χ1n) is 9.10. The molecule has 1 amide bonds. The number of benzene rings is 1. The summed E-state index contributed by atoms with van der Waals surface area (Å²) in [6, 6.07) is 8.22. The molecule has 6 nitrogen and oxygen atoms in total. The van der Waals surface area contributed by atoms with Gasteiger partial charge in [-0.1, -0.05) is 24.3 Å². The Morgan fingerprint density at radius 1 is 1.15 bits per heavy atom. The van der Waals surface area contributed by atoms with Crippen LogP contribution in [-0.2, 0) is 37.9 Å². The van der Waals surface area contributed by atoms with Gasteiger partial charge >= 0.3 is 0 Å². The molecule has 0 saturated heterocycles. The molecule has 4 rings (SSSR count). The van der Waals surface area contributed by atoms with Crippen molar-refractivity contribution < 1.29 is 4.79 Å². The third-order valence-electron chi connectivity index (χ3n) is 5.76. The minimum absolute atomic E-state index is 0.0395. The van der Waals surface area contributed by atoms with Crippen LogP contribution in [0.25, 0.3) is 0 Å². The minimum atomic E-state index is -0.206. The molecule has 1 aromatic heterocycles. The monoisotopic (exact) mass is 352 g/mol. The molecule has 0 spiro atoms. The first-order valence-corrected chi connectivity index (χ1v) is 9.10. The molecular formula is C20H24N4O2. The number of rotatable bonds is 2. The van der Waals surface area contributed by atoms with Gasteiger partial charge in [0.2, 0.25) is 5.91 Å². The molecule has 1 atom stereocenters. The Hall–Kier alpha value is -2.47. The van der Waals surface area contributed by atoms with E-state index in [9.17, 15) is 9.59 Å². The summed E-state index contributed by atoms with van der Waals surface area (Å²) in [5.74, 6) is 0.755. The lowest BCUT2D eigenvalue weighted by Gasteiger charge is -2.34. The Kier molecular flexibility index (Phi) is 4.15. The first kappa shape index (κ1) is 17.0. The summed E-state index contributed by atoms with van der Waals surface area (Å²) in [6.45, 7) is 6.26. The highest BCUT2D eigenvalue weighted by Crippen LogP contribution is 2.24. The minimum Gasteiger partial charge on any atom is -0.331 e. The molecule has 0 fully saturated rings. The lowest BCUT2D eigenvalue weighted by Crippen LogP contribution is -2.47. The summed E-state index contributed by atoms with van der Waals surface area (Å²) in [4.78, 5) is 34.0. The zero-order valence-corrected chi connectivity index (χ0v) is 15.5. The molecule has 26 heavy (non-hydrogen) atoms. The van der Waals surface area contributed by atoms with Crippen LogP contribution in [0, 0.1) is 6.92 Å². The van der Waals surface area contributed by atoms with Gasteiger partial charge in [-0.05, 0) is 31.4 Å². The second-order valence-corrected chi connectivity index (χ2v) is 7.31. The van der Waals surface area contributed by atoms with Gasteiger partial charge < -0.3 is 4.90 Å². The van der Waals surface area contributed by atoms with E-state index in [1.807, 2.05) is 13.8 Å². The van der Waals surface area contributed by atoms with Crippen molar-refractivity contribution >= 4 is 5.91 Å². The van der Waals surface area contributed by atoms with Gasteiger partial charge in [-0.2, -0.15) is 0 Å². The Morgan fingerprint density at radius 3 is 2.65 bits per heavy atom. The van der Waals surface area contributed by atoms with Crippen molar-refractivity contribution in [1.82, 2.24) is 19.4 Å². The van der Waals surface area contributed by atoms with E-state index in [0.29, 0.717) is 24.5 Å². The molecule has 0 aliphatic carbocycles. The average Bonchev–Trinajstić information content (AvgIpc) is 3.08. The van der Waals surface area contributed by atoms with Crippen LogP contribution in [0.1, 0.15) is 35.1 Å². The molecule has 2 aliphatic rings. The van der Waals surface area contributed by atoms with Gasteiger partial charge in [-0.15, -0.1) is 0 Å². The summed E-state index contributed by atoms with van der Waals surface area (Å²) in [5, 5.41) is 0. The molecule has 2 aromatic rings. The van der Waals surface area contributed by atoms with Crippen LogP contribution < -0.4 is 5.56 Å². The van der Waals surface area contributed by atoms with Crippen molar-refractivity contribution in [3.8, 4) is 0 Å². The predicted molar refractivity (Wildman–Crippen MR) is 98.5 cm³/mol. The van der Waals surface area contributed by atoms with Crippen LogP contribution in [0.5, 0.6) is 0 Å². The van der Waals surface area contributed by atoms with Crippen molar-refractivity contribution in [3.05, 3.63) is 62.8 Å². The van der Waals surface area contributed by atoms with Crippen LogP contribution in [0.2, 0.25) is 0 Å². The molecule has 2 aliphatic heterocycles.